The lowest BCUT2D eigenvalue weighted by Crippen LogP contribution is -2.14. The SMILES string of the molecule is CCc1ncc(CNCCCC(C)C)s1. The maximum Gasteiger partial charge on any atom is 0.0925 e. The van der Waals surface area contributed by atoms with Crippen molar-refractivity contribution in [1.82, 2.24) is 10.3 Å². The summed E-state index contributed by atoms with van der Waals surface area (Å²) in [6.07, 6.45) is 5.64. The zero-order valence-corrected chi connectivity index (χ0v) is 10.9. The van der Waals surface area contributed by atoms with Crippen LogP contribution in [0, 0.1) is 5.92 Å². The minimum absolute atomic E-state index is 0.821. The van der Waals surface area contributed by atoms with Crippen molar-refractivity contribution in [2.45, 2.75) is 46.6 Å². The molecule has 0 radical (unpaired) electrons. The molecule has 15 heavy (non-hydrogen) atoms. The molecule has 0 saturated heterocycles. The molecule has 0 amide bonds. The van der Waals surface area contributed by atoms with Gasteiger partial charge in [-0.3, -0.25) is 0 Å². The van der Waals surface area contributed by atoms with E-state index >= 15 is 0 Å². The van der Waals surface area contributed by atoms with Crippen molar-refractivity contribution in [3.05, 3.63) is 16.1 Å². The predicted molar refractivity (Wildman–Crippen MR) is 67.3 cm³/mol. The van der Waals surface area contributed by atoms with E-state index in [1.807, 2.05) is 17.5 Å². The predicted octanol–water partition coefficient (Wildman–Crippen LogP) is 3.23. The Morgan fingerprint density at radius 1 is 1.47 bits per heavy atom. The summed E-state index contributed by atoms with van der Waals surface area (Å²) >= 11 is 1.82. The van der Waals surface area contributed by atoms with Crippen molar-refractivity contribution >= 4 is 11.3 Å². The van der Waals surface area contributed by atoms with Gasteiger partial charge in [-0.05, 0) is 31.7 Å². The van der Waals surface area contributed by atoms with Crippen LogP contribution in [0.15, 0.2) is 6.20 Å². The molecule has 0 aliphatic rings. The zero-order chi connectivity index (χ0) is 11.1. The molecule has 3 heteroatoms. The first kappa shape index (κ1) is 12.7. The third-order valence-electron chi connectivity index (χ3n) is 2.34. The fourth-order valence-electron chi connectivity index (χ4n) is 1.44. The Morgan fingerprint density at radius 2 is 2.27 bits per heavy atom. The van der Waals surface area contributed by atoms with E-state index in [9.17, 15) is 0 Å². The fraction of sp³-hybridized carbons (Fsp3) is 0.750. The molecule has 1 heterocycles. The van der Waals surface area contributed by atoms with Gasteiger partial charge in [-0.15, -0.1) is 11.3 Å². The molecule has 1 aromatic heterocycles. The average molecular weight is 226 g/mol. The Labute approximate surface area is 97.1 Å². The van der Waals surface area contributed by atoms with Crippen LogP contribution in [0.4, 0.5) is 0 Å². The van der Waals surface area contributed by atoms with Crippen LogP contribution in [0.5, 0.6) is 0 Å². The lowest BCUT2D eigenvalue weighted by atomic mass is 10.1. The number of thiazole rings is 1. The zero-order valence-electron chi connectivity index (χ0n) is 10.0. The topological polar surface area (TPSA) is 24.9 Å². The first-order valence-corrected chi connectivity index (χ1v) is 6.68. The normalized spacial score (nSPS) is 11.2. The molecule has 2 nitrogen and oxygen atoms in total. The monoisotopic (exact) mass is 226 g/mol. The summed E-state index contributed by atoms with van der Waals surface area (Å²) in [6, 6.07) is 0. The average Bonchev–Trinajstić information content (AvgIpc) is 2.65. The van der Waals surface area contributed by atoms with Gasteiger partial charge in [0.2, 0.25) is 0 Å². The third kappa shape index (κ3) is 5.28. The van der Waals surface area contributed by atoms with Crippen molar-refractivity contribution in [1.29, 1.82) is 0 Å². The van der Waals surface area contributed by atoms with E-state index in [2.05, 4.69) is 31.1 Å². The first-order chi connectivity index (χ1) is 7.22. The fourth-order valence-corrected chi connectivity index (χ4v) is 2.27. The van der Waals surface area contributed by atoms with Crippen LogP contribution in [0.3, 0.4) is 0 Å². The van der Waals surface area contributed by atoms with E-state index in [0.717, 1.165) is 25.4 Å². The molecule has 0 unspecified atom stereocenters. The molecule has 0 saturated carbocycles. The van der Waals surface area contributed by atoms with E-state index in [1.165, 1.54) is 22.7 Å². The second-order valence-electron chi connectivity index (χ2n) is 4.29. The molecular formula is C12H22N2S. The van der Waals surface area contributed by atoms with Gasteiger partial charge in [0.1, 0.15) is 0 Å². The number of rotatable bonds is 7. The Bertz CT molecular complexity index is 268. The van der Waals surface area contributed by atoms with Crippen LogP contribution in [-0.2, 0) is 13.0 Å². The number of nitrogens with zero attached hydrogens (tertiary/aromatic N) is 1. The number of aromatic nitrogens is 1. The molecule has 0 bridgehead atoms. The van der Waals surface area contributed by atoms with Crippen molar-refractivity contribution in [3.8, 4) is 0 Å². The Morgan fingerprint density at radius 3 is 2.87 bits per heavy atom. The summed E-state index contributed by atoms with van der Waals surface area (Å²) in [7, 11) is 0. The lowest BCUT2D eigenvalue weighted by molar-refractivity contribution is 0.528. The molecule has 1 N–H and O–H groups in total. The molecule has 0 aromatic carbocycles. The summed E-state index contributed by atoms with van der Waals surface area (Å²) < 4.78 is 0. The van der Waals surface area contributed by atoms with Crippen LogP contribution in [0.2, 0.25) is 0 Å². The number of hydrogen-bond donors (Lipinski definition) is 1. The maximum absolute atomic E-state index is 4.34. The third-order valence-corrected chi connectivity index (χ3v) is 3.48. The molecule has 0 spiro atoms. The maximum atomic E-state index is 4.34. The summed E-state index contributed by atoms with van der Waals surface area (Å²) in [4.78, 5) is 5.70. The molecule has 1 aromatic rings. The Balaban J connectivity index is 2.09. The van der Waals surface area contributed by atoms with Crippen LogP contribution in [0.1, 0.15) is 43.5 Å². The van der Waals surface area contributed by atoms with Gasteiger partial charge in [0.15, 0.2) is 0 Å². The molecule has 0 aliphatic carbocycles. The standard InChI is InChI=1S/C12H22N2S/c1-4-12-14-9-11(15-12)8-13-7-5-6-10(2)3/h9-10,13H,4-8H2,1-3H3. The molecule has 1 rings (SSSR count). The van der Waals surface area contributed by atoms with E-state index < -0.39 is 0 Å². The van der Waals surface area contributed by atoms with E-state index in [4.69, 9.17) is 0 Å². The summed E-state index contributed by atoms with van der Waals surface area (Å²) in [5.41, 5.74) is 0. The quantitative estimate of drug-likeness (QED) is 0.722. The summed E-state index contributed by atoms with van der Waals surface area (Å²) in [6.45, 7) is 8.80. The van der Waals surface area contributed by atoms with Gasteiger partial charge in [-0.25, -0.2) is 4.98 Å². The molecule has 0 fully saturated rings. The van der Waals surface area contributed by atoms with Crippen LogP contribution >= 0.6 is 11.3 Å². The highest BCUT2D eigenvalue weighted by Crippen LogP contribution is 2.12. The van der Waals surface area contributed by atoms with Crippen LogP contribution < -0.4 is 5.32 Å². The van der Waals surface area contributed by atoms with E-state index in [0.29, 0.717) is 0 Å². The number of nitrogens with one attached hydrogen (secondary N) is 1. The summed E-state index contributed by atoms with van der Waals surface area (Å²) in [5, 5.41) is 4.71. The van der Waals surface area contributed by atoms with E-state index in [1.54, 1.807) is 0 Å². The van der Waals surface area contributed by atoms with Gasteiger partial charge in [0, 0.05) is 17.6 Å². The van der Waals surface area contributed by atoms with Gasteiger partial charge in [-0.2, -0.15) is 0 Å². The molecule has 86 valence electrons. The molecule has 0 aliphatic heterocycles. The van der Waals surface area contributed by atoms with Gasteiger partial charge >= 0.3 is 0 Å². The minimum Gasteiger partial charge on any atom is -0.312 e. The van der Waals surface area contributed by atoms with Gasteiger partial charge in [-0.1, -0.05) is 20.8 Å². The van der Waals surface area contributed by atoms with Gasteiger partial charge in [0.05, 0.1) is 5.01 Å². The number of aryl methyl sites for hydroxylation is 1. The van der Waals surface area contributed by atoms with Crippen LogP contribution in [0.25, 0.3) is 0 Å². The Hall–Kier alpha value is -0.410. The molecular weight excluding hydrogens is 204 g/mol. The number of hydrogen-bond acceptors (Lipinski definition) is 3. The second kappa shape index (κ2) is 6.96. The second-order valence-corrected chi connectivity index (χ2v) is 5.49. The lowest BCUT2D eigenvalue weighted by Gasteiger charge is -2.04. The highest BCUT2D eigenvalue weighted by Gasteiger charge is 1.99. The first-order valence-electron chi connectivity index (χ1n) is 5.86. The smallest absolute Gasteiger partial charge is 0.0925 e. The highest BCUT2D eigenvalue weighted by molar-refractivity contribution is 7.11. The van der Waals surface area contributed by atoms with Crippen LogP contribution in [-0.4, -0.2) is 11.5 Å². The van der Waals surface area contributed by atoms with Crippen molar-refractivity contribution in [2.75, 3.05) is 6.54 Å². The highest BCUT2D eigenvalue weighted by atomic mass is 32.1. The van der Waals surface area contributed by atoms with Gasteiger partial charge in [0.25, 0.3) is 0 Å². The summed E-state index contributed by atoms with van der Waals surface area (Å²) in [5.74, 6) is 0.821. The Kier molecular flexibility index (Phi) is 5.88. The largest absolute Gasteiger partial charge is 0.312 e. The van der Waals surface area contributed by atoms with E-state index in [-0.39, 0.29) is 0 Å². The van der Waals surface area contributed by atoms with Crippen molar-refractivity contribution in [3.63, 3.8) is 0 Å². The van der Waals surface area contributed by atoms with Crippen molar-refractivity contribution in [2.24, 2.45) is 5.92 Å². The minimum atomic E-state index is 0.821. The molecule has 0 atom stereocenters. The van der Waals surface area contributed by atoms with Gasteiger partial charge < -0.3 is 5.32 Å². The van der Waals surface area contributed by atoms with Crippen molar-refractivity contribution < 1.29 is 0 Å².